The maximum Gasteiger partial charge on any atom is 0.241 e. The number of hydrogen-bond donors (Lipinski definition) is 2. The topological polar surface area (TPSA) is 29.5 Å². The zero-order valence-electron chi connectivity index (χ0n) is 6.86. The van der Waals surface area contributed by atoms with Crippen LogP contribution >= 0.6 is 17.9 Å². The Morgan fingerprint density at radius 3 is 2.27 bits per heavy atom. The third-order valence-corrected chi connectivity index (χ3v) is 2.78. The molecule has 0 aromatic rings. The van der Waals surface area contributed by atoms with Gasteiger partial charge in [-0.15, -0.1) is 0 Å². The van der Waals surface area contributed by atoms with Crippen molar-refractivity contribution in [2.75, 3.05) is 6.61 Å². The molecule has 5 heteroatoms. The summed E-state index contributed by atoms with van der Waals surface area (Å²) in [6.07, 6.45) is 2.11. The first-order valence-electron chi connectivity index (χ1n) is 3.69. The zero-order chi connectivity index (χ0) is 8.91. The van der Waals surface area contributed by atoms with E-state index < -0.39 is 5.69 Å². The van der Waals surface area contributed by atoms with Gasteiger partial charge < -0.3 is 9.42 Å². The van der Waals surface area contributed by atoms with Gasteiger partial charge in [-0.1, -0.05) is 38.9 Å². The van der Waals surface area contributed by atoms with Gasteiger partial charge in [-0.2, -0.15) is 0 Å². The Morgan fingerprint density at radius 2 is 2.00 bits per heavy atom. The van der Waals surface area contributed by atoms with Crippen molar-refractivity contribution in [1.82, 2.24) is 0 Å². The van der Waals surface area contributed by atoms with E-state index >= 15 is 0 Å². The first-order chi connectivity index (χ1) is 4.99. The molecule has 0 aliphatic rings. The zero-order valence-corrected chi connectivity index (χ0v) is 9.46. The lowest BCUT2D eigenvalue weighted by Gasteiger charge is -2.15. The molecule has 0 rings (SSSR count). The van der Waals surface area contributed by atoms with E-state index in [1.807, 2.05) is 0 Å². The van der Waals surface area contributed by atoms with Crippen LogP contribution in [0.5, 0.6) is 0 Å². The molecule has 0 aliphatic heterocycles. The van der Waals surface area contributed by atoms with Gasteiger partial charge >= 0.3 is 0 Å². The SMILES string of the molecule is CCC(CC)COP(O)(=S)S. The molecular formula is C6H15O2PS2. The molecule has 2 nitrogen and oxygen atoms in total. The van der Waals surface area contributed by atoms with Crippen molar-refractivity contribution in [2.24, 2.45) is 5.92 Å². The Labute approximate surface area is 78.7 Å². The summed E-state index contributed by atoms with van der Waals surface area (Å²) in [5, 5.41) is 0. The lowest BCUT2D eigenvalue weighted by molar-refractivity contribution is 0.245. The van der Waals surface area contributed by atoms with E-state index in [0.717, 1.165) is 12.8 Å². The molecule has 11 heavy (non-hydrogen) atoms. The minimum absolute atomic E-state index is 0.497. The van der Waals surface area contributed by atoms with Gasteiger partial charge in [0.05, 0.1) is 6.61 Å². The van der Waals surface area contributed by atoms with Gasteiger partial charge in [-0.25, -0.2) is 0 Å². The van der Waals surface area contributed by atoms with Crippen molar-refractivity contribution in [2.45, 2.75) is 26.7 Å². The summed E-state index contributed by atoms with van der Waals surface area (Å²) in [7, 11) is 0. The molecular weight excluding hydrogens is 199 g/mol. The summed E-state index contributed by atoms with van der Waals surface area (Å²) in [6, 6.07) is 0. The molecule has 0 aromatic carbocycles. The van der Waals surface area contributed by atoms with Crippen molar-refractivity contribution < 1.29 is 9.42 Å². The second kappa shape index (κ2) is 5.55. The molecule has 0 spiro atoms. The molecule has 0 amide bonds. The fourth-order valence-corrected chi connectivity index (χ4v) is 1.51. The highest BCUT2D eigenvalue weighted by molar-refractivity contribution is 8.59. The van der Waals surface area contributed by atoms with Gasteiger partial charge in [0.25, 0.3) is 0 Å². The summed E-state index contributed by atoms with van der Waals surface area (Å²) in [5.74, 6) is 0.497. The number of rotatable bonds is 5. The molecule has 0 heterocycles. The first-order valence-corrected chi connectivity index (χ1v) is 7.52. The minimum Gasteiger partial charge on any atom is -0.338 e. The van der Waals surface area contributed by atoms with Gasteiger partial charge in [0.1, 0.15) is 0 Å². The second-order valence-electron chi connectivity index (χ2n) is 2.47. The highest BCUT2D eigenvalue weighted by Gasteiger charge is 2.10. The van der Waals surface area contributed by atoms with Gasteiger partial charge in [0.15, 0.2) is 0 Å². The lowest BCUT2D eigenvalue weighted by atomic mass is 10.1. The summed E-state index contributed by atoms with van der Waals surface area (Å²) < 4.78 is 5.02. The number of hydrogen-bond acceptors (Lipinski definition) is 2. The predicted octanol–water partition coefficient (Wildman–Crippen LogP) is 2.59. The van der Waals surface area contributed by atoms with Crippen molar-refractivity contribution in [3.63, 3.8) is 0 Å². The van der Waals surface area contributed by atoms with Crippen molar-refractivity contribution in [3.05, 3.63) is 0 Å². The van der Waals surface area contributed by atoms with E-state index in [1.165, 1.54) is 0 Å². The summed E-state index contributed by atoms with van der Waals surface area (Å²) >= 11 is 8.37. The van der Waals surface area contributed by atoms with E-state index in [2.05, 4.69) is 37.9 Å². The van der Waals surface area contributed by atoms with Crippen LogP contribution in [0.4, 0.5) is 0 Å². The van der Waals surface area contributed by atoms with Crippen LogP contribution in [0, 0.1) is 5.92 Å². The molecule has 0 aromatic heterocycles. The smallest absolute Gasteiger partial charge is 0.241 e. The highest BCUT2D eigenvalue weighted by atomic mass is 32.9. The molecule has 0 fully saturated rings. The van der Waals surface area contributed by atoms with Crippen LogP contribution in [0.1, 0.15) is 26.7 Å². The van der Waals surface area contributed by atoms with Crippen LogP contribution in [0.25, 0.3) is 0 Å². The predicted molar refractivity (Wildman–Crippen MR) is 55.5 cm³/mol. The summed E-state index contributed by atoms with van der Waals surface area (Å²) in [5.41, 5.74) is -2.72. The molecule has 1 unspecified atom stereocenters. The Bertz CT molecular complexity index is 142. The molecule has 0 bridgehead atoms. The Balaban J connectivity index is 3.59. The molecule has 0 radical (unpaired) electrons. The van der Waals surface area contributed by atoms with Gasteiger partial charge in [0, 0.05) is 0 Å². The van der Waals surface area contributed by atoms with Crippen LogP contribution in [0.3, 0.4) is 0 Å². The van der Waals surface area contributed by atoms with Crippen LogP contribution in [-0.2, 0) is 16.3 Å². The Morgan fingerprint density at radius 1 is 1.55 bits per heavy atom. The standard InChI is InChI=1S/C6H15O2PS2/c1-3-6(4-2)5-8-9(7,10)11/h6H,3-5H2,1-2H3,(H2,7,10,11). The molecule has 0 saturated heterocycles. The van der Waals surface area contributed by atoms with E-state index in [4.69, 9.17) is 9.42 Å². The van der Waals surface area contributed by atoms with E-state index in [1.54, 1.807) is 0 Å². The van der Waals surface area contributed by atoms with Crippen molar-refractivity contribution in [1.29, 1.82) is 0 Å². The minimum atomic E-state index is -2.72. The monoisotopic (exact) mass is 214 g/mol. The second-order valence-corrected chi connectivity index (χ2v) is 7.63. The molecule has 0 aliphatic carbocycles. The average Bonchev–Trinajstić information content (AvgIpc) is 1.88. The lowest BCUT2D eigenvalue weighted by Crippen LogP contribution is -2.04. The Kier molecular flexibility index (Phi) is 6.01. The van der Waals surface area contributed by atoms with Crippen LogP contribution < -0.4 is 0 Å². The quantitative estimate of drug-likeness (QED) is 0.544. The van der Waals surface area contributed by atoms with E-state index in [-0.39, 0.29) is 0 Å². The van der Waals surface area contributed by atoms with Gasteiger partial charge in [0.2, 0.25) is 5.69 Å². The van der Waals surface area contributed by atoms with E-state index in [0.29, 0.717) is 12.5 Å². The van der Waals surface area contributed by atoms with Crippen LogP contribution in [0.2, 0.25) is 0 Å². The Hall–Kier alpha value is 0.920. The third kappa shape index (κ3) is 7.29. The van der Waals surface area contributed by atoms with Crippen molar-refractivity contribution >= 4 is 29.7 Å². The molecule has 0 saturated carbocycles. The molecule has 1 atom stereocenters. The summed E-state index contributed by atoms with van der Waals surface area (Å²) in [4.78, 5) is 9.03. The number of thiol groups is 1. The van der Waals surface area contributed by atoms with E-state index in [9.17, 15) is 0 Å². The fourth-order valence-electron chi connectivity index (χ4n) is 0.727. The maximum atomic E-state index is 9.03. The normalized spacial score (nSPS) is 16.8. The fraction of sp³-hybridized carbons (Fsp3) is 1.00. The molecule has 68 valence electrons. The maximum absolute atomic E-state index is 9.03. The van der Waals surface area contributed by atoms with Crippen LogP contribution in [-0.4, -0.2) is 11.5 Å². The largest absolute Gasteiger partial charge is 0.338 e. The van der Waals surface area contributed by atoms with Crippen molar-refractivity contribution in [3.8, 4) is 0 Å². The van der Waals surface area contributed by atoms with Gasteiger partial charge in [-0.05, 0) is 17.7 Å². The highest BCUT2D eigenvalue weighted by Crippen LogP contribution is 2.47. The van der Waals surface area contributed by atoms with Crippen LogP contribution in [0.15, 0.2) is 0 Å². The third-order valence-electron chi connectivity index (χ3n) is 1.63. The molecule has 1 N–H and O–H groups in total. The summed E-state index contributed by atoms with van der Waals surface area (Å²) in [6.45, 7) is 4.72. The average molecular weight is 214 g/mol. The van der Waals surface area contributed by atoms with Gasteiger partial charge in [-0.3, -0.25) is 0 Å². The first kappa shape index (κ1) is 11.9.